The Balaban J connectivity index is 1.87. The molecule has 0 bridgehead atoms. The van der Waals surface area contributed by atoms with E-state index < -0.39 is 53.5 Å². The molecule has 1 aliphatic rings. The van der Waals surface area contributed by atoms with Gasteiger partial charge in [-0.05, 0) is 52.8 Å². The van der Waals surface area contributed by atoms with Gasteiger partial charge >= 0.3 is 5.69 Å². The lowest BCUT2D eigenvalue weighted by Gasteiger charge is -2.31. The lowest BCUT2D eigenvalue weighted by molar-refractivity contribution is -0.392. The van der Waals surface area contributed by atoms with Crippen molar-refractivity contribution < 1.29 is 23.1 Å². The van der Waals surface area contributed by atoms with E-state index in [-0.39, 0.29) is 28.1 Å². The molecule has 3 aromatic carbocycles. The number of carbonyl (C=O) groups excluding carboxylic acids is 1. The van der Waals surface area contributed by atoms with Gasteiger partial charge in [-0.15, -0.1) is 0 Å². The number of aromatic nitrogens is 1. The van der Waals surface area contributed by atoms with Gasteiger partial charge in [-0.25, -0.2) is 17.7 Å². The first-order chi connectivity index (χ1) is 22.9. The molecule has 0 fully saturated rings. The Kier molecular flexibility index (Phi) is 9.09. The topological polar surface area (TPSA) is 166 Å². The monoisotopic (exact) mass is 681 g/mol. The first-order valence-electron chi connectivity index (χ1n) is 15.3. The molecule has 13 heteroatoms. The summed E-state index contributed by atoms with van der Waals surface area (Å²) in [7, 11) is -4.54. The summed E-state index contributed by atoms with van der Waals surface area (Å²) in [5, 5.41) is 24.6. The molecule has 12 nitrogen and oxygen atoms in total. The van der Waals surface area contributed by atoms with E-state index in [0.29, 0.717) is 22.4 Å². The summed E-state index contributed by atoms with van der Waals surface area (Å²) in [6, 6.07) is 18.0. The fraction of sp³-hybridized carbons (Fsp3) is 0.250. The highest BCUT2D eigenvalue weighted by Gasteiger charge is 2.38. The minimum Gasteiger partial charge on any atom is -0.289 e. The minimum atomic E-state index is -4.54. The van der Waals surface area contributed by atoms with Crippen molar-refractivity contribution in [2.45, 2.75) is 47.3 Å². The minimum absolute atomic E-state index is 0.0526. The maximum absolute atomic E-state index is 14.6. The molecule has 0 saturated heterocycles. The van der Waals surface area contributed by atoms with Crippen molar-refractivity contribution in [2.24, 2.45) is 15.8 Å². The number of Topliss-reactive ketones (excluding diaryl/α,β-unsaturated/α-hetero) is 1. The normalized spacial score (nSPS) is 13.9. The van der Waals surface area contributed by atoms with E-state index >= 15 is 0 Å². The van der Waals surface area contributed by atoms with Crippen LogP contribution in [0.1, 0.15) is 47.1 Å². The predicted octanol–water partition coefficient (Wildman–Crippen LogP) is 8.32. The van der Waals surface area contributed by atoms with E-state index in [1.54, 1.807) is 60.7 Å². The van der Waals surface area contributed by atoms with Crippen LogP contribution in [-0.4, -0.2) is 34.7 Å². The van der Waals surface area contributed by atoms with Gasteiger partial charge in [-0.2, -0.15) is 0 Å². The number of hydrogen-bond donors (Lipinski definition) is 0. The van der Waals surface area contributed by atoms with E-state index in [1.165, 1.54) is 24.4 Å². The Morgan fingerprint density at radius 2 is 1.37 bits per heavy atom. The van der Waals surface area contributed by atoms with Crippen molar-refractivity contribution in [1.82, 2.24) is 4.98 Å². The number of fused-ring (bicyclic) bond motifs is 1. The number of sulfonamides is 1. The average Bonchev–Trinajstić information content (AvgIpc) is 3.01. The molecule has 0 amide bonds. The number of nitro groups is 2. The third kappa shape index (κ3) is 7.02. The molecule has 1 aliphatic carbocycles. The highest BCUT2D eigenvalue weighted by molar-refractivity contribution is 7.92. The number of non-ortho nitro benzene ring substituents is 1. The summed E-state index contributed by atoms with van der Waals surface area (Å²) >= 11 is 0. The third-order valence-electron chi connectivity index (χ3n) is 7.93. The molecule has 1 aromatic heterocycles. The molecule has 0 saturated carbocycles. The number of carbonyl (C=O) groups is 1. The van der Waals surface area contributed by atoms with Crippen LogP contribution in [0.2, 0.25) is 0 Å². The van der Waals surface area contributed by atoms with Crippen molar-refractivity contribution in [3.63, 3.8) is 0 Å². The zero-order valence-electron chi connectivity index (χ0n) is 27.9. The Hall–Kier alpha value is -5.56. The van der Waals surface area contributed by atoms with Gasteiger partial charge in [0.1, 0.15) is 5.52 Å². The summed E-state index contributed by atoms with van der Waals surface area (Å²) in [6.07, 6.45) is 4.62. The maximum atomic E-state index is 14.6. The zero-order valence-corrected chi connectivity index (χ0v) is 28.7. The number of hydrogen-bond acceptors (Lipinski definition) is 9. The number of benzene rings is 3. The van der Waals surface area contributed by atoms with Gasteiger partial charge in [0.15, 0.2) is 11.5 Å². The van der Waals surface area contributed by atoms with E-state index in [9.17, 15) is 33.4 Å². The van der Waals surface area contributed by atoms with Gasteiger partial charge in [0.2, 0.25) is 10.0 Å². The molecule has 0 spiro atoms. The van der Waals surface area contributed by atoms with Crippen LogP contribution in [0.25, 0.3) is 10.9 Å². The first-order valence-corrected chi connectivity index (χ1v) is 17.0. The Bertz CT molecular complexity index is 2180. The molecule has 4 aromatic rings. The van der Waals surface area contributed by atoms with Gasteiger partial charge in [0.05, 0.1) is 44.1 Å². The predicted molar refractivity (Wildman–Crippen MR) is 190 cm³/mol. The van der Waals surface area contributed by atoms with Crippen molar-refractivity contribution in [2.75, 3.05) is 4.31 Å². The number of para-hydroxylation sites is 2. The summed E-state index contributed by atoms with van der Waals surface area (Å²) in [4.78, 5) is 45.7. The molecule has 0 radical (unpaired) electrons. The van der Waals surface area contributed by atoms with E-state index in [1.807, 2.05) is 41.5 Å². The highest BCUT2D eigenvalue weighted by Crippen LogP contribution is 2.47. The van der Waals surface area contributed by atoms with E-state index in [4.69, 9.17) is 4.99 Å². The fourth-order valence-electron chi connectivity index (χ4n) is 5.61. The molecule has 0 N–H and O–H groups in total. The average molecular weight is 682 g/mol. The molecule has 0 atom stereocenters. The summed E-state index contributed by atoms with van der Waals surface area (Å²) in [6.45, 7) is 11.5. The number of anilines is 2. The summed E-state index contributed by atoms with van der Waals surface area (Å²) in [5.41, 5.74) is -1.35. The molecular formula is C36H35N5O7S. The van der Waals surface area contributed by atoms with E-state index in [0.717, 1.165) is 10.4 Å². The number of aliphatic imine (C=N–C) groups is 1. The molecule has 0 unspecified atom stereocenters. The Morgan fingerprint density at radius 1 is 0.796 bits per heavy atom. The fourth-order valence-corrected chi connectivity index (χ4v) is 7.26. The molecule has 0 aliphatic heterocycles. The van der Waals surface area contributed by atoms with Gasteiger partial charge in [-0.3, -0.25) is 30.0 Å². The van der Waals surface area contributed by atoms with Crippen molar-refractivity contribution in [1.29, 1.82) is 0 Å². The largest absolute Gasteiger partial charge is 0.303 e. The number of nitro benzene ring substituents is 2. The number of pyridine rings is 1. The standard InChI is InChI=1S/C36H35N5O7S/c1-35(2,3)26-19-24(20-27(34(26)42)36(4,5)6)38-28-16-10-11-17-29(28)39(49(47,48)22-23-13-8-7-9-14-23)33-31(41(45)46)21-30(40(43)44)25-15-12-18-37-32(25)33/h7-21H,22H2,1-6H3. The van der Waals surface area contributed by atoms with Crippen LogP contribution in [0.4, 0.5) is 28.4 Å². The third-order valence-corrected chi connectivity index (χ3v) is 9.56. The van der Waals surface area contributed by atoms with Crippen LogP contribution in [0.15, 0.2) is 107 Å². The van der Waals surface area contributed by atoms with Crippen molar-refractivity contribution in [3.8, 4) is 0 Å². The second-order valence-electron chi connectivity index (χ2n) is 13.7. The van der Waals surface area contributed by atoms with Crippen LogP contribution in [-0.2, 0) is 20.6 Å². The number of ketones is 1. The molecular weight excluding hydrogens is 646 g/mol. The highest BCUT2D eigenvalue weighted by atomic mass is 32.2. The zero-order chi connectivity index (χ0) is 35.9. The summed E-state index contributed by atoms with van der Waals surface area (Å²) < 4.78 is 30.0. The summed E-state index contributed by atoms with van der Waals surface area (Å²) in [5.74, 6) is -0.684. The smallest absolute Gasteiger partial charge is 0.289 e. The van der Waals surface area contributed by atoms with Crippen LogP contribution in [0.5, 0.6) is 0 Å². The number of nitrogens with zero attached hydrogens (tertiary/aromatic N) is 5. The van der Waals surface area contributed by atoms with E-state index in [2.05, 4.69) is 4.98 Å². The Labute approximate surface area is 283 Å². The molecule has 49 heavy (non-hydrogen) atoms. The lowest BCUT2D eigenvalue weighted by Crippen LogP contribution is -2.30. The first kappa shape index (κ1) is 34.8. The SMILES string of the molecule is CC(C)(C)C1=CC(=Nc2ccccc2N(c2c([N+](=O)[O-])cc([N+](=O)[O-])c3cccnc23)S(=O)(=O)Cc2ccccc2)C=C(C(C)(C)C)C1=O. The maximum Gasteiger partial charge on any atom is 0.303 e. The second kappa shape index (κ2) is 12.8. The van der Waals surface area contributed by atoms with Crippen LogP contribution < -0.4 is 4.31 Å². The molecule has 252 valence electrons. The second-order valence-corrected chi connectivity index (χ2v) is 15.5. The number of rotatable bonds is 8. The van der Waals surface area contributed by atoms with Gasteiger partial charge in [-0.1, -0.05) is 84.0 Å². The van der Waals surface area contributed by atoms with Crippen molar-refractivity contribution in [3.05, 3.63) is 128 Å². The van der Waals surface area contributed by atoms with Crippen LogP contribution in [0, 0.1) is 31.1 Å². The van der Waals surface area contributed by atoms with Gasteiger partial charge < -0.3 is 0 Å². The van der Waals surface area contributed by atoms with Gasteiger partial charge in [0.25, 0.3) is 5.69 Å². The van der Waals surface area contributed by atoms with Gasteiger partial charge in [0, 0.05) is 17.3 Å². The van der Waals surface area contributed by atoms with Crippen molar-refractivity contribution >= 4 is 60.9 Å². The lowest BCUT2D eigenvalue weighted by atomic mass is 9.72. The van der Waals surface area contributed by atoms with Crippen LogP contribution >= 0.6 is 0 Å². The quantitative estimate of drug-likeness (QED) is 0.102. The number of allylic oxidation sites excluding steroid dienone is 4. The molecule has 1 heterocycles. The Morgan fingerprint density at radius 3 is 1.94 bits per heavy atom. The molecule has 5 rings (SSSR count). The van der Waals surface area contributed by atoms with Crippen LogP contribution in [0.3, 0.4) is 0 Å².